The topological polar surface area (TPSA) is 56.2 Å². The van der Waals surface area contributed by atoms with Gasteiger partial charge >= 0.3 is 0 Å². The zero-order valence-corrected chi connectivity index (χ0v) is 14.7. The lowest BCUT2D eigenvalue weighted by atomic mass is 10.1. The van der Waals surface area contributed by atoms with E-state index < -0.39 is 0 Å². The molecule has 3 heterocycles. The van der Waals surface area contributed by atoms with Crippen molar-refractivity contribution in [3.05, 3.63) is 59.1 Å². The third-order valence-corrected chi connectivity index (χ3v) is 5.40. The van der Waals surface area contributed by atoms with Crippen LogP contribution in [0, 0.1) is 6.92 Å². The van der Waals surface area contributed by atoms with E-state index in [1.54, 1.807) is 4.52 Å². The number of fused-ring (bicyclic) bond motifs is 2. The van der Waals surface area contributed by atoms with E-state index in [-0.39, 0.29) is 0 Å². The Hall–Kier alpha value is -2.70. The molecular weight excluding hydrogens is 356 g/mol. The third-order valence-electron chi connectivity index (χ3n) is 4.14. The molecule has 0 amide bonds. The van der Waals surface area contributed by atoms with E-state index in [0.29, 0.717) is 21.6 Å². The quantitative estimate of drug-likeness (QED) is 0.429. The van der Waals surface area contributed by atoms with E-state index in [4.69, 9.17) is 16.0 Å². The highest BCUT2D eigenvalue weighted by atomic mass is 35.5. The molecule has 25 heavy (non-hydrogen) atoms. The van der Waals surface area contributed by atoms with Gasteiger partial charge in [-0.05, 0) is 19.1 Å². The Bertz CT molecular complexity index is 1240. The second-order valence-electron chi connectivity index (χ2n) is 5.66. The average Bonchev–Trinajstić information content (AvgIpc) is 3.29. The summed E-state index contributed by atoms with van der Waals surface area (Å²) in [5, 5.41) is 15.7. The highest BCUT2D eigenvalue weighted by molar-refractivity contribution is 7.19. The summed E-state index contributed by atoms with van der Waals surface area (Å²) >= 11 is 7.74. The van der Waals surface area contributed by atoms with Crippen LogP contribution in [0.4, 0.5) is 0 Å². The second-order valence-corrected chi connectivity index (χ2v) is 7.02. The predicted molar refractivity (Wildman–Crippen MR) is 99.1 cm³/mol. The summed E-state index contributed by atoms with van der Waals surface area (Å²) in [5.74, 6) is 1.28. The molecule has 7 heteroatoms. The van der Waals surface area contributed by atoms with E-state index >= 15 is 0 Å². The van der Waals surface area contributed by atoms with Crippen LogP contribution in [0.3, 0.4) is 0 Å². The number of benzene rings is 2. The standard InChI is InChI=1S/C18H11ClN4OS/c1-10-11-6-3-5-9-14(11)24-15(10)16-20-21-18-23(16)22-17(25-18)12-7-2-4-8-13(12)19/h2-9H,1H3. The smallest absolute Gasteiger partial charge is 0.235 e. The van der Waals surface area contributed by atoms with Gasteiger partial charge in [0.1, 0.15) is 10.6 Å². The molecule has 3 aromatic heterocycles. The van der Waals surface area contributed by atoms with Crippen molar-refractivity contribution in [2.45, 2.75) is 6.92 Å². The molecule has 0 atom stereocenters. The maximum Gasteiger partial charge on any atom is 0.235 e. The lowest BCUT2D eigenvalue weighted by Gasteiger charge is -1.98. The van der Waals surface area contributed by atoms with Crippen LogP contribution in [0.1, 0.15) is 5.56 Å². The molecule has 0 aliphatic heterocycles. The summed E-state index contributed by atoms with van der Waals surface area (Å²) in [6.45, 7) is 2.02. The van der Waals surface area contributed by atoms with Crippen molar-refractivity contribution in [3.8, 4) is 22.2 Å². The van der Waals surface area contributed by atoms with Crippen LogP contribution in [0.15, 0.2) is 52.9 Å². The van der Waals surface area contributed by atoms with E-state index in [2.05, 4.69) is 15.3 Å². The van der Waals surface area contributed by atoms with Gasteiger partial charge in [-0.1, -0.05) is 59.3 Å². The summed E-state index contributed by atoms with van der Waals surface area (Å²) in [5.41, 5.74) is 2.73. The first-order valence-corrected chi connectivity index (χ1v) is 8.87. The number of rotatable bonds is 2. The molecule has 0 bridgehead atoms. The van der Waals surface area contributed by atoms with E-state index in [1.165, 1.54) is 11.3 Å². The van der Waals surface area contributed by atoms with Gasteiger partial charge in [0.25, 0.3) is 0 Å². The van der Waals surface area contributed by atoms with Crippen molar-refractivity contribution < 1.29 is 4.42 Å². The maximum atomic E-state index is 6.29. The first-order valence-electron chi connectivity index (χ1n) is 7.68. The predicted octanol–water partition coefficient (Wildman–Crippen LogP) is 5.23. The molecule has 0 N–H and O–H groups in total. The normalized spacial score (nSPS) is 11.6. The van der Waals surface area contributed by atoms with Crippen LogP contribution in [0.25, 0.3) is 38.1 Å². The molecule has 5 aromatic rings. The fraction of sp³-hybridized carbons (Fsp3) is 0.0556. The Morgan fingerprint density at radius 2 is 1.84 bits per heavy atom. The minimum Gasteiger partial charge on any atom is -0.452 e. The van der Waals surface area contributed by atoms with Crippen molar-refractivity contribution in [1.29, 1.82) is 0 Å². The van der Waals surface area contributed by atoms with Gasteiger partial charge in [-0.2, -0.15) is 9.61 Å². The number of hydrogen-bond donors (Lipinski definition) is 0. The molecule has 0 fully saturated rings. The Kier molecular flexibility index (Phi) is 3.16. The monoisotopic (exact) mass is 366 g/mol. The molecule has 0 aliphatic carbocycles. The fourth-order valence-electron chi connectivity index (χ4n) is 2.89. The number of furan rings is 1. The highest BCUT2D eigenvalue weighted by Gasteiger charge is 2.21. The van der Waals surface area contributed by atoms with Crippen molar-refractivity contribution in [3.63, 3.8) is 0 Å². The molecule has 0 aliphatic rings. The van der Waals surface area contributed by atoms with Gasteiger partial charge in [0, 0.05) is 16.5 Å². The maximum absolute atomic E-state index is 6.29. The SMILES string of the molecule is Cc1c(-c2nnc3sc(-c4ccccc4Cl)nn23)oc2ccccc12. The van der Waals surface area contributed by atoms with Gasteiger partial charge in [0.05, 0.1) is 5.02 Å². The summed E-state index contributed by atoms with van der Waals surface area (Å²) < 4.78 is 7.72. The number of nitrogens with zero attached hydrogens (tertiary/aromatic N) is 4. The molecule has 0 radical (unpaired) electrons. The van der Waals surface area contributed by atoms with Crippen LogP contribution in [0.5, 0.6) is 0 Å². The lowest BCUT2D eigenvalue weighted by molar-refractivity contribution is 0.619. The Morgan fingerprint density at radius 3 is 2.68 bits per heavy atom. The molecule has 5 nitrogen and oxygen atoms in total. The average molecular weight is 367 g/mol. The number of aryl methyl sites for hydroxylation is 1. The summed E-state index contributed by atoms with van der Waals surface area (Å²) in [4.78, 5) is 0.699. The summed E-state index contributed by atoms with van der Waals surface area (Å²) in [7, 11) is 0. The third kappa shape index (κ3) is 2.18. The zero-order valence-electron chi connectivity index (χ0n) is 13.1. The molecule has 0 saturated heterocycles. The largest absolute Gasteiger partial charge is 0.452 e. The van der Waals surface area contributed by atoms with Gasteiger partial charge in [0.15, 0.2) is 5.76 Å². The van der Waals surface area contributed by atoms with Gasteiger partial charge < -0.3 is 4.42 Å². The Morgan fingerprint density at radius 1 is 1.04 bits per heavy atom. The highest BCUT2D eigenvalue weighted by Crippen LogP contribution is 2.35. The minimum absolute atomic E-state index is 0.596. The van der Waals surface area contributed by atoms with Gasteiger partial charge in [0.2, 0.25) is 10.8 Å². The van der Waals surface area contributed by atoms with Crippen LogP contribution in [0.2, 0.25) is 5.02 Å². The number of halogens is 1. The van der Waals surface area contributed by atoms with Gasteiger partial charge in [-0.15, -0.1) is 10.2 Å². The molecule has 0 spiro atoms. The first-order chi connectivity index (χ1) is 12.2. The molecular formula is C18H11ClN4OS. The summed E-state index contributed by atoms with van der Waals surface area (Å²) in [6, 6.07) is 15.6. The molecule has 122 valence electrons. The van der Waals surface area contributed by atoms with Crippen LogP contribution in [-0.2, 0) is 0 Å². The second kappa shape index (κ2) is 5.40. The first kappa shape index (κ1) is 14.6. The molecule has 2 aromatic carbocycles. The van der Waals surface area contributed by atoms with Crippen molar-refractivity contribution >= 4 is 38.9 Å². The zero-order chi connectivity index (χ0) is 17.0. The van der Waals surface area contributed by atoms with Crippen molar-refractivity contribution in [2.75, 3.05) is 0 Å². The lowest BCUT2D eigenvalue weighted by Crippen LogP contribution is -1.91. The van der Waals surface area contributed by atoms with E-state index in [9.17, 15) is 0 Å². The molecule has 0 saturated carbocycles. The number of aromatic nitrogens is 4. The van der Waals surface area contributed by atoms with Crippen LogP contribution >= 0.6 is 22.9 Å². The van der Waals surface area contributed by atoms with Crippen LogP contribution < -0.4 is 0 Å². The summed E-state index contributed by atoms with van der Waals surface area (Å²) in [6.07, 6.45) is 0. The molecule has 0 unspecified atom stereocenters. The van der Waals surface area contributed by atoms with Gasteiger partial charge in [-0.25, -0.2) is 0 Å². The Labute approximate surface area is 151 Å². The fourth-order valence-corrected chi connectivity index (χ4v) is 4.05. The van der Waals surface area contributed by atoms with Gasteiger partial charge in [-0.3, -0.25) is 0 Å². The van der Waals surface area contributed by atoms with Crippen molar-refractivity contribution in [2.24, 2.45) is 0 Å². The van der Waals surface area contributed by atoms with Crippen molar-refractivity contribution in [1.82, 2.24) is 19.8 Å². The number of hydrogen-bond acceptors (Lipinski definition) is 5. The van der Waals surface area contributed by atoms with Crippen LogP contribution in [-0.4, -0.2) is 19.8 Å². The Balaban J connectivity index is 1.72. The van der Waals surface area contributed by atoms with E-state index in [1.807, 2.05) is 55.5 Å². The number of para-hydroxylation sites is 1. The minimum atomic E-state index is 0.596. The van der Waals surface area contributed by atoms with E-state index in [0.717, 1.165) is 27.1 Å². The molecule has 5 rings (SSSR count).